The van der Waals surface area contributed by atoms with E-state index in [1.165, 1.54) is 11.8 Å². The van der Waals surface area contributed by atoms with Crippen LogP contribution in [0.5, 0.6) is 0 Å². The lowest BCUT2D eigenvalue weighted by molar-refractivity contribution is -0.146. The van der Waals surface area contributed by atoms with Crippen molar-refractivity contribution in [2.45, 2.75) is 37.0 Å². The van der Waals surface area contributed by atoms with Gasteiger partial charge in [0, 0.05) is 11.1 Å². The predicted molar refractivity (Wildman–Crippen MR) is 114 cm³/mol. The topological polar surface area (TPSA) is 55.4 Å². The molecule has 0 radical (unpaired) electrons. The molecule has 2 aromatic carbocycles. The Labute approximate surface area is 175 Å². The van der Waals surface area contributed by atoms with Crippen LogP contribution in [0.4, 0.5) is 0 Å². The van der Waals surface area contributed by atoms with Gasteiger partial charge in [-0.05, 0) is 36.1 Å². The summed E-state index contributed by atoms with van der Waals surface area (Å²) in [5.41, 5.74) is 2.16. The zero-order chi connectivity index (χ0) is 19.8. The van der Waals surface area contributed by atoms with E-state index in [1.54, 1.807) is 0 Å². The zero-order valence-electron chi connectivity index (χ0n) is 15.6. The van der Waals surface area contributed by atoms with Crippen LogP contribution in [-0.4, -0.2) is 30.3 Å². The van der Waals surface area contributed by atoms with E-state index >= 15 is 0 Å². The summed E-state index contributed by atoms with van der Waals surface area (Å²) >= 11 is 7.48. The largest absolute Gasteiger partial charge is 0.455 e. The van der Waals surface area contributed by atoms with E-state index < -0.39 is 0 Å². The van der Waals surface area contributed by atoms with Crippen LogP contribution in [0.25, 0.3) is 0 Å². The minimum absolute atomic E-state index is 0.0154. The number of amides is 1. The molecule has 0 unspecified atom stereocenters. The van der Waals surface area contributed by atoms with E-state index in [4.69, 9.17) is 16.3 Å². The molecule has 6 heteroatoms. The number of esters is 1. The van der Waals surface area contributed by atoms with Gasteiger partial charge >= 0.3 is 5.97 Å². The molecular formula is C22H24ClNO3S. The van der Waals surface area contributed by atoms with Gasteiger partial charge in [0.2, 0.25) is 0 Å². The molecule has 2 aromatic rings. The van der Waals surface area contributed by atoms with Crippen molar-refractivity contribution in [3.8, 4) is 0 Å². The summed E-state index contributed by atoms with van der Waals surface area (Å²) in [6.07, 6.45) is 4.31. The van der Waals surface area contributed by atoms with Gasteiger partial charge in [-0.1, -0.05) is 66.9 Å². The second-order valence-electron chi connectivity index (χ2n) is 6.86. The van der Waals surface area contributed by atoms with E-state index in [1.807, 2.05) is 54.6 Å². The van der Waals surface area contributed by atoms with Crippen LogP contribution in [0.1, 0.15) is 42.1 Å². The fourth-order valence-corrected chi connectivity index (χ4v) is 4.54. The summed E-state index contributed by atoms with van der Waals surface area (Å²) in [7, 11) is 0. The number of halogens is 1. The van der Waals surface area contributed by atoms with Crippen molar-refractivity contribution >= 4 is 35.2 Å². The van der Waals surface area contributed by atoms with Crippen molar-refractivity contribution in [1.29, 1.82) is 0 Å². The van der Waals surface area contributed by atoms with Gasteiger partial charge in [-0.25, -0.2) is 0 Å². The Kier molecular flexibility index (Phi) is 7.80. The fraction of sp³-hybridized carbons (Fsp3) is 0.364. The van der Waals surface area contributed by atoms with Crippen molar-refractivity contribution < 1.29 is 14.3 Å². The van der Waals surface area contributed by atoms with Crippen molar-refractivity contribution in [3.63, 3.8) is 0 Å². The van der Waals surface area contributed by atoms with E-state index in [0.717, 1.165) is 36.8 Å². The predicted octanol–water partition coefficient (Wildman–Crippen LogP) is 4.76. The SMILES string of the molecule is O=C(COC(=O)CS[C@H](c1ccccc1)c1ccc(Cl)cc1)NC1CCCC1. The molecule has 1 aliphatic rings. The van der Waals surface area contributed by atoms with Crippen molar-refractivity contribution in [2.24, 2.45) is 0 Å². The van der Waals surface area contributed by atoms with Crippen molar-refractivity contribution in [3.05, 3.63) is 70.7 Å². The average molecular weight is 418 g/mol. The summed E-state index contributed by atoms with van der Waals surface area (Å²) in [5, 5.41) is 3.58. The summed E-state index contributed by atoms with van der Waals surface area (Å²) < 4.78 is 5.16. The number of hydrogen-bond acceptors (Lipinski definition) is 4. The van der Waals surface area contributed by atoms with E-state index in [-0.39, 0.29) is 35.5 Å². The Bertz CT molecular complexity index is 776. The highest BCUT2D eigenvalue weighted by atomic mass is 35.5. The lowest BCUT2D eigenvalue weighted by atomic mass is 10.0. The Morgan fingerprint density at radius 3 is 2.36 bits per heavy atom. The molecule has 28 heavy (non-hydrogen) atoms. The first-order chi connectivity index (χ1) is 13.6. The van der Waals surface area contributed by atoms with Gasteiger partial charge in [0.15, 0.2) is 6.61 Å². The van der Waals surface area contributed by atoms with E-state index in [0.29, 0.717) is 5.02 Å². The maximum absolute atomic E-state index is 12.2. The quantitative estimate of drug-likeness (QED) is 0.629. The number of thioether (sulfide) groups is 1. The maximum Gasteiger partial charge on any atom is 0.316 e. The molecule has 1 fully saturated rings. The molecule has 0 aromatic heterocycles. The van der Waals surface area contributed by atoms with Crippen LogP contribution in [0, 0.1) is 0 Å². The Morgan fingerprint density at radius 1 is 1.04 bits per heavy atom. The summed E-state index contributed by atoms with van der Waals surface area (Å²) in [5.74, 6) is -0.442. The number of hydrogen-bond donors (Lipinski definition) is 1. The zero-order valence-corrected chi connectivity index (χ0v) is 17.2. The summed E-state index contributed by atoms with van der Waals surface area (Å²) in [4.78, 5) is 24.1. The monoisotopic (exact) mass is 417 g/mol. The van der Waals surface area contributed by atoms with E-state index in [2.05, 4.69) is 5.32 Å². The fourth-order valence-electron chi connectivity index (χ4n) is 3.33. The highest BCUT2D eigenvalue weighted by molar-refractivity contribution is 8.00. The molecule has 1 aliphatic carbocycles. The van der Waals surface area contributed by atoms with E-state index in [9.17, 15) is 9.59 Å². The van der Waals surface area contributed by atoms with Gasteiger partial charge in [-0.2, -0.15) is 0 Å². The van der Waals surface area contributed by atoms with Crippen LogP contribution in [0.2, 0.25) is 5.02 Å². The number of nitrogens with one attached hydrogen (secondary N) is 1. The first kappa shape index (κ1) is 20.7. The maximum atomic E-state index is 12.2. The average Bonchev–Trinajstić information content (AvgIpc) is 3.21. The van der Waals surface area contributed by atoms with Gasteiger partial charge in [-0.3, -0.25) is 9.59 Å². The highest BCUT2D eigenvalue weighted by Gasteiger charge is 2.19. The minimum atomic E-state index is -0.388. The Hall–Kier alpha value is -1.98. The van der Waals surface area contributed by atoms with Crippen LogP contribution < -0.4 is 5.32 Å². The van der Waals surface area contributed by atoms with Gasteiger partial charge in [-0.15, -0.1) is 11.8 Å². The molecule has 148 valence electrons. The normalized spacial score (nSPS) is 15.2. The van der Waals surface area contributed by atoms with Crippen molar-refractivity contribution in [2.75, 3.05) is 12.4 Å². The first-order valence-electron chi connectivity index (χ1n) is 9.49. The smallest absolute Gasteiger partial charge is 0.316 e. The number of carbonyl (C=O) groups is 2. The van der Waals surface area contributed by atoms with Crippen LogP contribution in [0.15, 0.2) is 54.6 Å². The minimum Gasteiger partial charge on any atom is -0.455 e. The standard InChI is InChI=1S/C22H24ClNO3S/c23-18-12-10-17(11-13-18)22(16-6-2-1-3-7-16)28-15-21(26)27-14-20(25)24-19-8-4-5-9-19/h1-3,6-7,10-13,19,22H,4-5,8-9,14-15H2,(H,24,25)/t22-/m1/s1. The molecule has 0 heterocycles. The molecule has 1 amide bonds. The van der Waals surface area contributed by atoms with Crippen LogP contribution in [-0.2, 0) is 14.3 Å². The van der Waals surface area contributed by atoms with Gasteiger partial charge in [0.05, 0.1) is 11.0 Å². The van der Waals surface area contributed by atoms with Gasteiger partial charge in [0.1, 0.15) is 0 Å². The summed E-state index contributed by atoms with van der Waals surface area (Å²) in [6.45, 7) is -0.215. The molecular weight excluding hydrogens is 394 g/mol. The third-order valence-corrected chi connectivity index (χ3v) is 6.26. The number of carbonyl (C=O) groups excluding carboxylic acids is 2. The number of rotatable bonds is 8. The van der Waals surface area contributed by atoms with Gasteiger partial charge in [0.25, 0.3) is 5.91 Å². The molecule has 0 aliphatic heterocycles. The number of benzene rings is 2. The molecule has 1 saturated carbocycles. The number of ether oxygens (including phenoxy) is 1. The second-order valence-corrected chi connectivity index (χ2v) is 8.39. The first-order valence-corrected chi connectivity index (χ1v) is 10.9. The molecule has 0 bridgehead atoms. The van der Waals surface area contributed by atoms with Crippen molar-refractivity contribution in [1.82, 2.24) is 5.32 Å². The van der Waals surface area contributed by atoms with Crippen LogP contribution in [0.3, 0.4) is 0 Å². The lowest BCUT2D eigenvalue weighted by Crippen LogP contribution is -2.36. The summed E-state index contributed by atoms with van der Waals surface area (Å²) in [6, 6.07) is 17.8. The lowest BCUT2D eigenvalue weighted by Gasteiger charge is -2.17. The third-order valence-electron chi connectivity index (χ3n) is 4.73. The molecule has 1 N–H and O–H groups in total. The Morgan fingerprint density at radius 2 is 1.68 bits per heavy atom. The van der Waals surface area contributed by atoms with Crippen LogP contribution >= 0.6 is 23.4 Å². The highest BCUT2D eigenvalue weighted by Crippen LogP contribution is 2.36. The molecule has 1 atom stereocenters. The molecule has 0 spiro atoms. The molecule has 0 saturated heterocycles. The Balaban J connectivity index is 1.53. The second kappa shape index (κ2) is 10.5. The molecule has 3 rings (SSSR count). The van der Waals surface area contributed by atoms with Gasteiger partial charge < -0.3 is 10.1 Å². The molecule has 4 nitrogen and oxygen atoms in total. The third kappa shape index (κ3) is 6.28.